The van der Waals surface area contributed by atoms with Crippen LogP contribution >= 0.6 is 11.8 Å². The average Bonchev–Trinajstić information content (AvgIpc) is 2.65. The van der Waals surface area contributed by atoms with Crippen LogP contribution in [0, 0.1) is 0 Å². The summed E-state index contributed by atoms with van der Waals surface area (Å²) in [5.41, 5.74) is 5.28. The van der Waals surface area contributed by atoms with Crippen molar-refractivity contribution in [2.75, 3.05) is 0 Å². The molecule has 4 N–H and O–H groups in total. The number of oxime groups is 1. The topological polar surface area (TPSA) is 109 Å². The molecule has 1 unspecified atom stereocenters. The van der Waals surface area contributed by atoms with Crippen LogP contribution in [0.1, 0.15) is 20.3 Å². The van der Waals surface area contributed by atoms with Gasteiger partial charge in [0, 0.05) is 6.54 Å². The fourth-order valence-electron chi connectivity index (χ4n) is 1.22. The van der Waals surface area contributed by atoms with E-state index in [9.17, 15) is 4.79 Å². The third kappa shape index (κ3) is 2.57. The van der Waals surface area contributed by atoms with E-state index in [2.05, 4.69) is 15.4 Å². The summed E-state index contributed by atoms with van der Waals surface area (Å²) < 4.78 is 1.50. The molecule has 0 fully saturated rings. The third-order valence-electron chi connectivity index (χ3n) is 2.10. The maximum Gasteiger partial charge on any atom is 0.343 e. The van der Waals surface area contributed by atoms with Crippen molar-refractivity contribution in [3.05, 3.63) is 10.5 Å². The van der Waals surface area contributed by atoms with Crippen LogP contribution in [0.5, 0.6) is 0 Å². The van der Waals surface area contributed by atoms with Gasteiger partial charge in [-0.2, -0.15) is 0 Å². The molecule has 0 radical (unpaired) electrons. The molecule has 0 bridgehead atoms. The summed E-state index contributed by atoms with van der Waals surface area (Å²) >= 11 is 1.30. The molecular weight excluding hydrogens is 230 g/mol. The second-order valence-electron chi connectivity index (χ2n) is 3.10. The largest absolute Gasteiger partial charge is 0.409 e. The zero-order valence-corrected chi connectivity index (χ0v) is 9.99. The minimum atomic E-state index is -0.251. The van der Waals surface area contributed by atoms with Gasteiger partial charge in [0.2, 0.25) is 0 Å². The van der Waals surface area contributed by atoms with Crippen molar-refractivity contribution in [2.45, 2.75) is 37.2 Å². The number of hydrogen-bond acceptors (Lipinski definition) is 5. The number of nitrogens with zero attached hydrogens (tertiary/aromatic N) is 3. The minimum Gasteiger partial charge on any atom is -0.409 e. The highest BCUT2D eigenvalue weighted by Crippen LogP contribution is 2.22. The molecule has 0 saturated carbocycles. The molecule has 8 heteroatoms. The fraction of sp³-hybridized carbons (Fsp3) is 0.625. The van der Waals surface area contributed by atoms with Gasteiger partial charge in [-0.1, -0.05) is 23.8 Å². The van der Waals surface area contributed by atoms with Gasteiger partial charge in [0.25, 0.3) is 0 Å². The maximum atomic E-state index is 11.3. The molecule has 0 amide bonds. The lowest BCUT2D eigenvalue weighted by Gasteiger charge is -2.11. The summed E-state index contributed by atoms with van der Waals surface area (Å²) in [6.45, 7) is 4.30. The highest BCUT2D eigenvalue weighted by atomic mass is 32.2. The van der Waals surface area contributed by atoms with Gasteiger partial charge in [0.1, 0.15) is 0 Å². The molecule has 1 rings (SSSR count). The van der Waals surface area contributed by atoms with Gasteiger partial charge in [-0.25, -0.2) is 9.89 Å². The van der Waals surface area contributed by atoms with E-state index in [1.165, 1.54) is 16.3 Å². The first kappa shape index (κ1) is 12.6. The van der Waals surface area contributed by atoms with Gasteiger partial charge in [-0.05, 0) is 13.3 Å². The Morgan fingerprint density at radius 2 is 2.44 bits per heavy atom. The van der Waals surface area contributed by atoms with E-state index >= 15 is 0 Å². The van der Waals surface area contributed by atoms with Crippen LogP contribution < -0.4 is 11.4 Å². The van der Waals surface area contributed by atoms with Crippen molar-refractivity contribution in [3.8, 4) is 0 Å². The summed E-state index contributed by atoms with van der Waals surface area (Å²) in [5.74, 6) is 0.130. The van der Waals surface area contributed by atoms with Crippen molar-refractivity contribution in [1.82, 2.24) is 14.8 Å². The summed E-state index contributed by atoms with van der Waals surface area (Å²) in [5, 5.41) is 18.2. The molecule has 1 aromatic rings. The molecule has 1 heterocycles. The van der Waals surface area contributed by atoms with Crippen LogP contribution in [0.4, 0.5) is 0 Å². The Labute approximate surface area is 96.7 Å². The first-order chi connectivity index (χ1) is 7.63. The quantitative estimate of drug-likeness (QED) is 0.226. The molecule has 1 atom stereocenters. The fourth-order valence-corrected chi connectivity index (χ4v) is 2.24. The Kier molecular flexibility index (Phi) is 4.41. The lowest BCUT2D eigenvalue weighted by molar-refractivity contribution is 0.317. The maximum absolute atomic E-state index is 11.3. The number of amidine groups is 1. The van der Waals surface area contributed by atoms with E-state index in [1.807, 2.05) is 13.8 Å². The third-order valence-corrected chi connectivity index (χ3v) is 3.49. The van der Waals surface area contributed by atoms with E-state index < -0.39 is 0 Å². The lowest BCUT2D eigenvalue weighted by Crippen LogP contribution is -2.26. The van der Waals surface area contributed by atoms with E-state index in [0.29, 0.717) is 18.1 Å². The number of rotatable bonds is 5. The zero-order valence-electron chi connectivity index (χ0n) is 9.17. The standard InChI is InChI=1S/C8H15N5O2S/c1-3-5(6(9)12-15)16-8-11-10-7(14)13(8)4-2/h5,15H,3-4H2,1-2H3,(H2,9,12)(H,10,14). The van der Waals surface area contributed by atoms with Gasteiger partial charge in [-0.3, -0.25) is 4.57 Å². The van der Waals surface area contributed by atoms with Crippen molar-refractivity contribution >= 4 is 17.6 Å². The first-order valence-electron chi connectivity index (χ1n) is 4.93. The molecule has 7 nitrogen and oxygen atoms in total. The van der Waals surface area contributed by atoms with Gasteiger partial charge >= 0.3 is 5.69 Å². The van der Waals surface area contributed by atoms with Crippen LogP contribution in [0.25, 0.3) is 0 Å². The molecule has 0 aliphatic heterocycles. The number of hydrogen-bond donors (Lipinski definition) is 3. The second-order valence-corrected chi connectivity index (χ2v) is 4.27. The Hall–Kier alpha value is -1.44. The van der Waals surface area contributed by atoms with Crippen LogP contribution in [0.3, 0.4) is 0 Å². The molecule has 0 saturated heterocycles. The Morgan fingerprint density at radius 3 is 2.94 bits per heavy atom. The summed E-state index contributed by atoms with van der Waals surface area (Å²) in [4.78, 5) is 11.3. The van der Waals surface area contributed by atoms with Crippen molar-refractivity contribution in [2.24, 2.45) is 10.9 Å². The van der Waals surface area contributed by atoms with Crippen molar-refractivity contribution in [1.29, 1.82) is 0 Å². The van der Waals surface area contributed by atoms with Crippen molar-refractivity contribution < 1.29 is 5.21 Å². The number of aromatic nitrogens is 3. The summed E-state index contributed by atoms with van der Waals surface area (Å²) in [6.07, 6.45) is 0.686. The Morgan fingerprint density at radius 1 is 1.75 bits per heavy atom. The lowest BCUT2D eigenvalue weighted by atomic mass is 10.3. The van der Waals surface area contributed by atoms with Crippen LogP contribution in [0.2, 0.25) is 0 Å². The number of H-pyrrole nitrogens is 1. The van der Waals surface area contributed by atoms with Crippen LogP contribution in [-0.4, -0.2) is 31.1 Å². The van der Waals surface area contributed by atoms with Gasteiger partial charge in [0.15, 0.2) is 11.0 Å². The average molecular weight is 245 g/mol. The molecule has 16 heavy (non-hydrogen) atoms. The van der Waals surface area contributed by atoms with Crippen LogP contribution in [0.15, 0.2) is 15.1 Å². The predicted octanol–water partition coefficient (Wildman–Crippen LogP) is 0.208. The highest BCUT2D eigenvalue weighted by Gasteiger charge is 2.17. The number of aromatic amines is 1. The molecule has 0 aliphatic rings. The summed E-state index contributed by atoms with van der Waals surface area (Å²) in [7, 11) is 0. The van der Waals surface area contributed by atoms with Gasteiger partial charge in [-0.15, -0.1) is 5.10 Å². The number of thioether (sulfide) groups is 1. The molecule has 0 aliphatic carbocycles. The normalized spacial score (nSPS) is 14.0. The van der Waals surface area contributed by atoms with E-state index in [4.69, 9.17) is 10.9 Å². The molecule has 0 aromatic carbocycles. The number of nitrogens with two attached hydrogens (primary N) is 1. The second kappa shape index (κ2) is 5.59. The molecule has 90 valence electrons. The molecule has 1 aromatic heterocycles. The molecular formula is C8H15N5O2S. The Balaban J connectivity index is 2.90. The number of nitrogens with one attached hydrogen (secondary N) is 1. The first-order valence-corrected chi connectivity index (χ1v) is 5.81. The summed E-state index contributed by atoms with van der Waals surface area (Å²) in [6, 6.07) is 0. The SMILES string of the molecule is CCC(Sc1n[nH]c(=O)n1CC)C(N)=NO. The van der Waals surface area contributed by atoms with E-state index in [0.717, 1.165) is 0 Å². The zero-order chi connectivity index (χ0) is 12.1. The minimum absolute atomic E-state index is 0.130. The smallest absolute Gasteiger partial charge is 0.343 e. The van der Waals surface area contributed by atoms with Crippen LogP contribution in [-0.2, 0) is 6.54 Å². The van der Waals surface area contributed by atoms with E-state index in [1.54, 1.807) is 0 Å². The molecule has 0 spiro atoms. The van der Waals surface area contributed by atoms with Gasteiger partial charge in [0.05, 0.1) is 5.25 Å². The van der Waals surface area contributed by atoms with Crippen molar-refractivity contribution in [3.63, 3.8) is 0 Å². The Bertz CT molecular complexity index is 424. The van der Waals surface area contributed by atoms with Gasteiger partial charge < -0.3 is 10.9 Å². The van der Waals surface area contributed by atoms with E-state index in [-0.39, 0.29) is 16.8 Å². The highest BCUT2D eigenvalue weighted by molar-refractivity contribution is 8.00. The monoisotopic (exact) mass is 245 g/mol. The predicted molar refractivity (Wildman–Crippen MR) is 61.9 cm³/mol.